The second kappa shape index (κ2) is 11.8. The maximum absolute atomic E-state index is 13.4. The number of ether oxygens (including phenoxy) is 1. The number of primary amides is 1. The number of amides is 4. The third-order valence-electron chi connectivity index (χ3n) is 5.83. The van der Waals surface area contributed by atoms with Crippen molar-refractivity contribution in [2.45, 2.75) is 50.6 Å². The first kappa shape index (κ1) is 24.8. The van der Waals surface area contributed by atoms with Gasteiger partial charge in [-0.05, 0) is 42.7 Å². The van der Waals surface area contributed by atoms with Crippen molar-refractivity contribution < 1.29 is 23.9 Å². The number of benzene rings is 2. The summed E-state index contributed by atoms with van der Waals surface area (Å²) < 4.78 is 5.08. The van der Waals surface area contributed by atoms with Crippen LogP contribution in [0, 0.1) is 0 Å². The van der Waals surface area contributed by atoms with Crippen molar-refractivity contribution in [2.24, 2.45) is 5.73 Å². The fraction of sp³-hybridized carbons (Fsp3) is 0.360. The molecule has 0 saturated heterocycles. The Balaban J connectivity index is 1.90. The second-order valence-electron chi connectivity index (χ2n) is 8.26. The van der Waals surface area contributed by atoms with E-state index in [2.05, 4.69) is 10.7 Å². The highest BCUT2D eigenvalue weighted by Gasteiger charge is 2.36. The fourth-order valence-electron chi connectivity index (χ4n) is 4.05. The van der Waals surface area contributed by atoms with Gasteiger partial charge in [-0.1, -0.05) is 49.6 Å². The van der Waals surface area contributed by atoms with Crippen molar-refractivity contribution >= 4 is 23.6 Å². The molecular weight excluding hydrogens is 436 g/mol. The van der Waals surface area contributed by atoms with Gasteiger partial charge in [0.2, 0.25) is 5.91 Å². The maximum Gasteiger partial charge on any atom is 0.331 e. The lowest BCUT2D eigenvalue weighted by Crippen LogP contribution is -2.61. The second-order valence-corrected chi connectivity index (χ2v) is 8.26. The SMILES string of the molecule is COc1ccc(C(=O)C(=O)N(NC(N)=O)C(Cc2ccccc2)C(=O)NC2CCCCC2)cc1. The third kappa shape index (κ3) is 6.57. The quantitative estimate of drug-likeness (QED) is 0.312. The molecule has 0 aliphatic heterocycles. The predicted molar refractivity (Wildman–Crippen MR) is 126 cm³/mol. The van der Waals surface area contributed by atoms with Gasteiger partial charge in [0.15, 0.2) is 0 Å². The molecular formula is C25H30N4O5. The molecule has 1 saturated carbocycles. The Hall–Kier alpha value is -3.88. The van der Waals surface area contributed by atoms with Crippen molar-refractivity contribution in [2.75, 3.05) is 7.11 Å². The molecule has 1 unspecified atom stereocenters. The molecule has 3 rings (SSSR count). The molecule has 1 aliphatic rings. The molecule has 180 valence electrons. The number of hydrogen-bond acceptors (Lipinski definition) is 5. The van der Waals surface area contributed by atoms with Gasteiger partial charge in [-0.25, -0.2) is 15.2 Å². The summed E-state index contributed by atoms with van der Waals surface area (Å²) >= 11 is 0. The van der Waals surface area contributed by atoms with Crippen LogP contribution >= 0.6 is 0 Å². The van der Waals surface area contributed by atoms with Crippen LogP contribution in [0.15, 0.2) is 54.6 Å². The highest BCUT2D eigenvalue weighted by atomic mass is 16.5. The molecule has 0 heterocycles. The Labute approximate surface area is 198 Å². The number of hydrazine groups is 1. The molecule has 0 radical (unpaired) electrons. The van der Waals surface area contributed by atoms with Gasteiger partial charge >= 0.3 is 11.9 Å². The molecule has 2 aromatic rings. The molecule has 0 bridgehead atoms. The van der Waals surface area contributed by atoms with Gasteiger partial charge in [0, 0.05) is 18.0 Å². The van der Waals surface area contributed by atoms with Gasteiger partial charge < -0.3 is 15.8 Å². The summed E-state index contributed by atoms with van der Waals surface area (Å²) in [6, 6.07) is 12.8. The molecule has 4 amide bonds. The van der Waals surface area contributed by atoms with E-state index in [0.717, 1.165) is 42.7 Å². The standard InChI is InChI=1S/C25H30N4O5/c1-34-20-14-12-18(13-15-20)22(30)24(32)29(28-25(26)33)21(16-17-8-4-2-5-9-17)23(31)27-19-10-6-3-7-11-19/h2,4-5,8-9,12-15,19,21H,3,6-7,10-11,16H2,1H3,(H,27,31)(H3,26,28,33). The number of hydrogen-bond donors (Lipinski definition) is 3. The van der Waals surface area contributed by atoms with Crippen LogP contribution in [0.3, 0.4) is 0 Å². The van der Waals surface area contributed by atoms with Crippen LogP contribution in [0.2, 0.25) is 0 Å². The Morgan fingerprint density at radius 1 is 1.00 bits per heavy atom. The summed E-state index contributed by atoms with van der Waals surface area (Å²) in [5.74, 6) is -1.89. The van der Waals surface area contributed by atoms with Crippen molar-refractivity contribution in [1.29, 1.82) is 0 Å². The molecule has 9 nitrogen and oxygen atoms in total. The lowest BCUT2D eigenvalue weighted by molar-refractivity contribution is -0.140. The molecule has 1 atom stereocenters. The van der Waals surface area contributed by atoms with Crippen molar-refractivity contribution in [1.82, 2.24) is 15.8 Å². The largest absolute Gasteiger partial charge is 0.497 e. The number of methoxy groups -OCH3 is 1. The molecule has 9 heteroatoms. The smallest absolute Gasteiger partial charge is 0.331 e. The number of nitrogens with one attached hydrogen (secondary N) is 2. The Kier molecular flexibility index (Phi) is 8.61. The first-order chi connectivity index (χ1) is 16.4. The van der Waals surface area contributed by atoms with E-state index in [1.807, 2.05) is 18.2 Å². The molecule has 1 fully saturated rings. The minimum absolute atomic E-state index is 0.0256. The van der Waals surface area contributed by atoms with Crippen LogP contribution in [-0.2, 0) is 16.0 Å². The van der Waals surface area contributed by atoms with E-state index < -0.39 is 29.7 Å². The molecule has 34 heavy (non-hydrogen) atoms. The summed E-state index contributed by atoms with van der Waals surface area (Å²) in [4.78, 5) is 51.4. The van der Waals surface area contributed by atoms with E-state index in [4.69, 9.17) is 10.5 Å². The summed E-state index contributed by atoms with van der Waals surface area (Å²) in [5.41, 5.74) is 8.38. The topological polar surface area (TPSA) is 131 Å². The molecule has 4 N–H and O–H groups in total. The number of nitrogens with two attached hydrogens (primary N) is 1. The lowest BCUT2D eigenvalue weighted by Gasteiger charge is -2.32. The van der Waals surface area contributed by atoms with Crippen molar-refractivity contribution in [3.05, 3.63) is 65.7 Å². The lowest BCUT2D eigenvalue weighted by atomic mass is 9.95. The number of urea groups is 1. The zero-order chi connectivity index (χ0) is 24.5. The summed E-state index contributed by atoms with van der Waals surface area (Å²) in [5, 5.41) is 3.74. The maximum atomic E-state index is 13.4. The van der Waals surface area contributed by atoms with Gasteiger partial charge in [-0.3, -0.25) is 14.4 Å². The van der Waals surface area contributed by atoms with Gasteiger partial charge in [-0.15, -0.1) is 0 Å². The van der Waals surface area contributed by atoms with E-state index >= 15 is 0 Å². The number of Topliss-reactive ketones (excluding diaryl/α,β-unsaturated/α-hetero) is 1. The monoisotopic (exact) mass is 466 g/mol. The minimum atomic E-state index is -1.17. The van der Waals surface area contributed by atoms with Crippen LogP contribution in [-0.4, -0.2) is 47.8 Å². The Morgan fingerprint density at radius 2 is 1.65 bits per heavy atom. The zero-order valence-electron chi connectivity index (χ0n) is 19.2. The van der Waals surface area contributed by atoms with Gasteiger partial charge in [0.1, 0.15) is 11.8 Å². The van der Waals surface area contributed by atoms with E-state index in [1.165, 1.54) is 19.2 Å². The van der Waals surface area contributed by atoms with Crippen molar-refractivity contribution in [3.63, 3.8) is 0 Å². The highest BCUT2D eigenvalue weighted by Crippen LogP contribution is 2.19. The van der Waals surface area contributed by atoms with Gasteiger partial charge in [-0.2, -0.15) is 0 Å². The summed E-state index contributed by atoms with van der Waals surface area (Å²) in [7, 11) is 1.49. The Bertz CT molecular complexity index is 1000. The van der Waals surface area contributed by atoms with Crippen LogP contribution in [0.5, 0.6) is 5.75 Å². The predicted octanol–water partition coefficient (Wildman–Crippen LogP) is 2.35. The van der Waals surface area contributed by atoms with Gasteiger partial charge in [0.25, 0.3) is 5.78 Å². The summed E-state index contributed by atoms with van der Waals surface area (Å²) in [6.07, 6.45) is 4.89. The third-order valence-corrected chi connectivity index (χ3v) is 5.83. The average molecular weight is 467 g/mol. The number of rotatable bonds is 8. The van der Waals surface area contributed by atoms with E-state index in [-0.39, 0.29) is 18.0 Å². The Morgan fingerprint density at radius 3 is 2.24 bits per heavy atom. The molecule has 2 aromatic carbocycles. The number of ketones is 1. The van der Waals surface area contributed by atoms with Crippen molar-refractivity contribution in [3.8, 4) is 5.75 Å². The fourth-order valence-corrected chi connectivity index (χ4v) is 4.05. The number of nitrogens with zero attached hydrogens (tertiary/aromatic N) is 1. The number of carbonyl (C=O) groups is 4. The van der Waals surface area contributed by atoms with Crippen LogP contribution in [0.1, 0.15) is 48.0 Å². The molecule has 0 spiro atoms. The molecule has 0 aromatic heterocycles. The first-order valence-corrected chi connectivity index (χ1v) is 11.3. The number of carbonyl (C=O) groups excluding carboxylic acids is 4. The van der Waals surface area contributed by atoms with Crippen LogP contribution < -0.4 is 21.2 Å². The first-order valence-electron chi connectivity index (χ1n) is 11.3. The van der Waals surface area contributed by atoms with Gasteiger partial charge in [0.05, 0.1) is 7.11 Å². The van der Waals surface area contributed by atoms with E-state index in [0.29, 0.717) is 5.75 Å². The normalized spacial score (nSPS) is 14.5. The van der Waals surface area contributed by atoms with E-state index in [1.54, 1.807) is 24.3 Å². The average Bonchev–Trinajstić information content (AvgIpc) is 2.86. The highest BCUT2D eigenvalue weighted by molar-refractivity contribution is 6.43. The zero-order valence-corrected chi connectivity index (χ0v) is 19.2. The minimum Gasteiger partial charge on any atom is -0.497 e. The van der Waals surface area contributed by atoms with Crippen LogP contribution in [0.4, 0.5) is 4.79 Å². The summed E-state index contributed by atoms with van der Waals surface area (Å²) in [6.45, 7) is 0. The van der Waals surface area contributed by atoms with E-state index in [9.17, 15) is 19.2 Å². The van der Waals surface area contributed by atoms with Crippen LogP contribution in [0.25, 0.3) is 0 Å². The molecule has 1 aliphatic carbocycles.